The molecule has 1 saturated carbocycles. The van der Waals surface area contributed by atoms with Gasteiger partial charge in [0.05, 0.1) is 11.6 Å². The molecule has 1 N–H and O–H groups in total. The molecule has 2 amide bonds. The van der Waals surface area contributed by atoms with Gasteiger partial charge < -0.3 is 15.1 Å². The van der Waals surface area contributed by atoms with Crippen LogP contribution in [-0.4, -0.2) is 58.3 Å². The lowest BCUT2D eigenvalue weighted by Crippen LogP contribution is -2.37. The number of nitrogens with one attached hydrogen (secondary N) is 1. The minimum Gasteiger partial charge on any atom is -0.365 e. The fraction of sp³-hybridized carbons (Fsp3) is 0.632. The van der Waals surface area contributed by atoms with E-state index < -0.39 is 0 Å². The SMILES string of the molecule is CC1CCN(C(=O)c2ccc(NC3CC(=O)N(C4CC4)C3)nc2)CC1. The zero-order chi connectivity index (χ0) is 17.4. The first kappa shape index (κ1) is 16.4. The van der Waals surface area contributed by atoms with Crippen LogP contribution in [0.4, 0.5) is 5.82 Å². The van der Waals surface area contributed by atoms with Crippen LogP contribution in [0.2, 0.25) is 0 Å². The molecule has 6 heteroatoms. The molecule has 25 heavy (non-hydrogen) atoms. The van der Waals surface area contributed by atoms with Crippen molar-refractivity contribution < 1.29 is 9.59 Å². The summed E-state index contributed by atoms with van der Waals surface area (Å²) in [6, 6.07) is 4.28. The van der Waals surface area contributed by atoms with E-state index in [2.05, 4.69) is 17.2 Å². The molecule has 0 aromatic carbocycles. The number of rotatable bonds is 4. The molecular formula is C19H26N4O2. The number of likely N-dealkylation sites (tertiary alicyclic amines) is 2. The molecule has 6 nitrogen and oxygen atoms in total. The topological polar surface area (TPSA) is 65.5 Å². The van der Waals surface area contributed by atoms with Crippen molar-refractivity contribution in [3.8, 4) is 0 Å². The number of anilines is 1. The van der Waals surface area contributed by atoms with Crippen LogP contribution in [0.15, 0.2) is 18.3 Å². The van der Waals surface area contributed by atoms with Crippen molar-refractivity contribution in [2.45, 2.75) is 51.1 Å². The molecule has 0 bridgehead atoms. The first-order valence-corrected chi connectivity index (χ1v) is 9.41. The normalized spacial score (nSPS) is 24.7. The standard InChI is InChI=1S/C19H26N4O2/c1-13-6-8-22(9-7-13)19(25)14-2-5-17(20-11-14)21-15-10-18(24)23(12-15)16-3-4-16/h2,5,11,13,15-16H,3-4,6-10,12H2,1H3,(H,20,21). The second-order valence-electron chi connectivity index (χ2n) is 7.73. The Bertz CT molecular complexity index is 648. The van der Waals surface area contributed by atoms with Gasteiger partial charge in [0, 0.05) is 38.3 Å². The first-order chi connectivity index (χ1) is 12.1. The number of aromatic nitrogens is 1. The number of carbonyl (C=O) groups is 2. The Hall–Kier alpha value is -2.11. The van der Waals surface area contributed by atoms with Gasteiger partial charge >= 0.3 is 0 Å². The van der Waals surface area contributed by atoms with Crippen LogP contribution in [0.3, 0.4) is 0 Å². The van der Waals surface area contributed by atoms with E-state index >= 15 is 0 Å². The third-order valence-corrected chi connectivity index (χ3v) is 5.58. The summed E-state index contributed by atoms with van der Waals surface area (Å²) in [5, 5.41) is 3.34. The largest absolute Gasteiger partial charge is 0.365 e. The predicted octanol–water partition coefficient (Wildman–Crippen LogP) is 2.13. The Balaban J connectivity index is 1.34. The highest BCUT2D eigenvalue weighted by Gasteiger charge is 2.39. The molecule has 1 atom stereocenters. The fourth-order valence-corrected chi connectivity index (χ4v) is 3.78. The summed E-state index contributed by atoms with van der Waals surface area (Å²) in [7, 11) is 0. The Labute approximate surface area is 148 Å². The summed E-state index contributed by atoms with van der Waals surface area (Å²) >= 11 is 0. The lowest BCUT2D eigenvalue weighted by atomic mass is 9.99. The van der Waals surface area contributed by atoms with E-state index in [1.165, 1.54) is 0 Å². The molecule has 0 spiro atoms. The number of hydrogen-bond acceptors (Lipinski definition) is 4. The van der Waals surface area contributed by atoms with Crippen molar-refractivity contribution in [1.82, 2.24) is 14.8 Å². The highest BCUT2D eigenvalue weighted by atomic mass is 16.2. The monoisotopic (exact) mass is 342 g/mol. The van der Waals surface area contributed by atoms with Gasteiger partial charge in [-0.15, -0.1) is 0 Å². The van der Waals surface area contributed by atoms with E-state index in [9.17, 15) is 9.59 Å². The maximum Gasteiger partial charge on any atom is 0.255 e. The molecule has 4 rings (SSSR count). The van der Waals surface area contributed by atoms with Gasteiger partial charge in [-0.05, 0) is 43.7 Å². The van der Waals surface area contributed by atoms with Gasteiger partial charge in [0.25, 0.3) is 5.91 Å². The Morgan fingerprint density at radius 3 is 2.60 bits per heavy atom. The number of piperidine rings is 1. The molecule has 3 fully saturated rings. The van der Waals surface area contributed by atoms with Crippen LogP contribution in [0.5, 0.6) is 0 Å². The highest BCUT2D eigenvalue weighted by Crippen LogP contribution is 2.31. The summed E-state index contributed by atoms with van der Waals surface area (Å²) in [4.78, 5) is 32.9. The van der Waals surface area contributed by atoms with Gasteiger partial charge in [0.15, 0.2) is 0 Å². The number of carbonyl (C=O) groups excluding carboxylic acids is 2. The van der Waals surface area contributed by atoms with Crippen LogP contribution in [-0.2, 0) is 4.79 Å². The van der Waals surface area contributed by atoms with E-state index in [4.69, 9.17) is 0 Å². The Morgan fingerprint density at radius 1 is 1.20 bits per heavy atom. The number of nitrogens with zero attached hydrogens (tertiary/aromatic N) is 3. The number of pyridine rings is 1. The maximum atomic E-state index is 12.5. The smallest absolute Gasteiger partial charge is 0.255 e. The molecule has 2 saturated heterocycles. The summed E-state index contributed by atoms with van der Waals surface area (Å²) in [5.74, 6) is 1.75. The zero-order valence-corrected chi connectivity index (χ0v) is 14.8. The van der Waals surface area contributed by atoms with Gasteiger partial charge in [-0.3, -0.25) is 9.59 Å². The lowest BCUT2D eigenvalue weighted by molar-refractivity contribution is -0.128. The molecule has 2 aliphatic heterocycles. The quantitative estimate of drug-likeness (QED) is 0.910. The van der Waals surface area contributed by atoms with E-state index in [0.29, 0.717) is 23.9 Å². The van der Waals surface area contributed by atoms with E-state index in [-0.39, 0.29) is 17.9 Å². The van der Waals surface area contributed by atoms with Gasteiger partial charge in [-0.25, -0.2) is 4.98 Å². The minimum atomic E-state index is 0.0712. The summed E-state index contributed by atoms with van der Waals surface area (Å²) in [6.07, 6.45) is 6.62. The van der Waals surface area contributed by atoms with Crippen molar-refractivity contribution in [3.05, 3.63) is 23.9 Å². The number of hydrogen-bond donors (Lipinski definition) is 1. The van der Waals surface area contributed by atoms with Crippen molar-refractivity contribution in [1.29, 1.82) is 0 Å². The summed E-state index contributed by atoms with van der Waals surface area (Å²) in [5.41, 5.74) is 0.641. The van der Waals surface area contributed by atoms with E-state index in [0.717, 1.165) is 51.1 Å². The van der Waals surface area contributed by atoms with E-state index in [1.54, 1.807) is 6.20 Å². The highest BCUT2D eigenvalue weighted by molar-refractivity contribution is 5.94. The van der Waals surface area contributed by atoms with Crippen LogP contribution in [0.1, 0.15) is 49.4 Å². The maximum absolute atomic E-state index is 12.5. The van der Waals surface area contributed by atoms with Gasteiger partial charge in [-0.2, -0.15) is 0 Å². The Kier molecular flexibility index (Phi) is 4.36. The van der Waals surface area contributed by atoms with Gasteiger partial charge in [0.1, 0.15) is 5.82 Å². The first-order valence-electron chi connectivity index (χ1n) is 9.41. The molecule has 1 unspecified atom stereocenters. The molecular weight excluding hydrogens is 316 g/mol. The van der Waals surface area contributed by atoms with Crippen LogP contribution < -0.4 is 5.32 Å². The van der Waals surface area contributed by atoms with Crippen LogP contribution in [0, 0.1) is 5.92 Å². The van der Waals surface area contributed by atoms with Crippen LogP contribution in [0.25, 0.3) is 0 Å². The van der Waals surface area contributed by atoms with Gasteiger partial charge in [0.2, 0.25) is 5.91 Å². The second-order valence-corrected chi connectivity index (χ2v) is 7.73. The van der Waals surface area contributed by atoms with Gasteiger partial charge in [-0.1, -0.05) is 6.92 Å². The average Bonchev–Trinajstić information content (AvgIpc) is 3.39. The lowest BCUT2D eigenvalue weighted by Gasteiger charge is -2.30. The number of amides is 2. The van der Waals surface area contributed by atoms with Crippen molar-refractivity contribution in [2.24, 2.45) is 5.92 Å². The van der Waals surface area contributed by atoms with E-state index in [1.807, 2.05) is 21.9 Å². The Morgan fingerprint density at radius 2 is 1.96 bits per heavy atom. The fourth-order valence-electron chi connectivity index (χ4n) is 3.78. The molecule has 1 aromatic heterocycles. The third kappa shape index (κ3) is 3.62. The van der Waals surface area contributed by atoms with Crippen molar-refractivity contribution in [3.63, 3.8) is 0 Å². The summed E-state index contributed by atoms with van der Waals surface area (Å²) < 4.78 is 0. The second kappa shape index (κ2) is 6.65. The average molecular weight is 342 g/mol. The molecule has 1 aliphatic carbocycles. The zero-order valence-electron chi connectivity index (χ0n) is 14.8. The molecule has 1 aromatic rings. The predicted molar refractivity (Wildman–Crippen MR) is 95.3 cm³/mol. The molecule has 3 aliphatic rings. The molecule has 0 radical (unpaired) electrons. The summed E-state index contributed by atoms with van der Waals surface area (Å²) in [6.45, 7) is 4.67. The van der Waals surface area contributed by atoms with Crippen molar-refractivity contribution in [2.75, 3.05) is 25.0 Å². The molecule has 3 heterocycles. The third-order valence-electron chi connectivity index (χ3n) is 5.58. The minimum absolute atomic E-state index is 0.0712. The molecule has 134 valence electrons. The van der Waals surface area contributed by atoms with Crippen LogP contribution >= 0.6 is 0 Å². The van der Waals surface area contributed by atoms with Crippen molar-refractivity contribution >= 4 is 17.6 Å².